The molecular weight excluding hydrogens is 218 g/mol. The largest absolute Gasteiger partial charge is 0.353 e. The second kappa shape index (κ2) is 6.59. The number of carbonyl (C=O) groups is 1. The Balaban J connectivity index is 2.46. The highest BCUT2D eigenvalue weighted by Crippen LogP contribution is 2.24. The predicted octanol–water partition coefficient (Wildman–Crippen LogP) is 3.08. The van der Waals surface area contributed by atoms with Crippen LogP contribution < -0.4 is 5.32 Å². The molecule has 0 radical (unpaired) electrons. The minimum absolute atomic E-state index is 0.119. The number of hydrogen-bond donors (Lipinski definition) is 1. The van der Waals surface area contributed by atoms with Crippen LogP contribution in [0.25, 0.3) is 0 Å². The molecule has 0 fully saturated rings. The Kier molecular flexibility index (Phi) is 5.39. The van der Waals surface area contributed by atoms with Crippen molar-refractivity contribution in [3.8, 4) is 0 Å². The SMILES string of the molecule is CCC(=O)N[C@@H](C)[C@@H](C)Sc1ccccc1. The summed E-state index contributed by atoms with van der Waals surface area (Å²) in [6, 6.07) is 10.5. The van der Waals surface area contributed by atoms with Gasteiger partial charge >= 0.3 is 0 Å². The Bertz CT molecular complexity index is 326. The van der Waals surface area contributed by atoms with Crippen molar-refractivity contribution in [1.29, 1.82) is 0 Å². The number of thioether (sulfide) groups is 1. The van der Waals surface area contributed by atoms with Gasteiger partial charge in [-0.25, -0.2) is 0 Å². The molecule has 0 saturated carbocycles. The van der Waals surface area contributed by atoms with Crippen molar-refractivity contribution < 1.29 is 4.79 Å². The number of rotatable bonds is 5. The van der Waals surface area contributed by atoms with Crippen LogP contribution in [0.3, 0.4) is 0 Å². The maximum Gasteiger partial charge on any atom is 0.219 e. The van der Waals surface area contributed by atoms with Gasteiger partial charge < -0.3 is 5.32 Å². The lowest BCUT2D eigenvalue weighted by Gasteiger charge is -2.20. The molecule has 1 rings (SSSR count). The van der Waals surface area contributed by atoms with E-state index in [9.17, 15) is 4.79 Å². The van der Waals surface area contributed by atoms with Gasteiger partial charge in [-0.3, -0.25) is 4.79 Å². The summed E-state index contributed by atoms with van der Waals surface area (Å²) in [6.45, 7) is 6.06. The summed E-state index contributed by atoms with van der Waals surface area (Å²) in [5.74, 6) is 0.119. The monoisotopic (exact) mass is 237 g/mol. The lowest BCUT2D eigenvalue weighted by molar-refractivity contribution is -0.121. The molecule has 3 heteroatoms. The molecule has 1 N–H and O–H groups in total. The van der Waals surface area contributed by atoms with E-state index in [4.69, 9.17) is 0 Å². The van der Waals surface area contributed by atoms with Gasteiger partial charge in [0.05, 0.1) is 0 Å². The average Bonchev–Trinajstić information content (AvgIpc) is 2.30. The van der Waals surface area contributed by atoms with Crippen LogP contribution in [0.4, 0.5) is 0 Å². The van der Waals surface area contributed by atoms with E-state index in [1.807, 2.05) is 32.0 Å². The average molecular weight is 237 g/mol. The smallest absolute Gasteiger partial charge is 0.219 e. The van der Waals surface area contributed by atoms with Crippen LogP contribution in [0.5, 0.6) is 0 Å². The van der Waals surface area contributed by atoms with Crippen molar-refractivity contribution in [3.63, 3.8) is 0 Å². The second-order valence-electron chi connectivity index (χ2n) is 3.85. The molecule has 1 aromatic rings. The number of amides is 1. The maximum atomic E-state index is 11.3. The third-order valence-corrected chi connectivity index (χ3v) is 3.80. The van der Waals surface area contributed by atoms with Gasteiger partial charge in [-0.05, 0) is 19.1 Å². The molecule has 2 atom stereocenters. The van der Waals surface area contributed by atoms with Crippen LogP contribution in [0.2, 0.25) is 0 Å². The summed E-state index contributed by atoms with van der Waals surface area (Å²) in [5, 5.41) is 3.36. The zero-order valence-corrected chi connectivity index (χ0v) is 10.9. The fourth-order valence-corrected chi connectivity index (χ4v) is 2.30. The van der Waals surface area contributed by atoms with E-state index < -0.39 is 0 Å². The third-order valence-electron chi connectivity index (χ3n) is 2.48. The van der Waals surface area contributed by atoms with Gasteiger partial charge in [0.2, 0.25) is 5.91 Å². The van der Waals surface area contributed by atoms with E-state index in [-0.39, 0.29) is 11.9 Å². The lowest BCUT2D eigenvalue weighted by atomic mass is 10.2. The highest BCUT2D eigenvalue weighted by atomic mass is 32.2. The summed E-state index contributed by atoms with van der Waals surface area (Å²) < 4.78 is 0. The molecule has 0 aliphatic heterocycles. The van der Waals surface area contributed by atoms with Gasteiger partial charge in [0.1, 0.15) is 0 Å². The van der Waals surface area contributed by atoms with E-state index in [1.54, 1.807) is 11.8 Å². The van der Waals surface area contributed by atoms with E-state index in [0.717, 1.165) is 0 Å². The first-order valence-corrected chi connectivity index (χ1v) is 6.52. The Morgan fingerprint density at radius 3 is 2.50 bits per heavy atom. The van der Waals surface area contributed by atoms with Gasteiger partial charge in [-0.2, -0.15) is 0 Å². The van der Waals surface area contributed by atoms with E-state index in [1.165, 1.54) is 4.90 Å². The van der Waals surface area contributed by atoms with E-state index in [0.29, 0.717) is 11.7 Å². The van der Waals surface area contributed by atoms with Gasteiger partial charge in [-0.1, -0.05) is 32.0 Å². The topological polar surface area (TPSA) is 29.1 Å². The van der Waals surface area contributed by atoms with Gasteiger partial charge in [0.15, 0.2) is 0 Å². The zero-order valence-electron chi connectivity index (χ0n) is 10.1. The fraction of sp³-hybridized carbons (Fsp3) is 0.462. The van der Waals surface area contributed by atoms with Gasteiger partial charge in [0.25, 0.3) is 0 Å². The maximum absolute atomic E-state index is 11.3. The Labute approximate surface area is 102 Å². The van der Waals surface area contributed by atoms with Crippen LogP contribution in [0.15, 0.2) is 35.2 Å². The summed E-state index contributed by atoms with van der Waals surface area (Å²) in [4.78, 5) is 12.5. The van der Waals surface area contributed by atoms with Crippen molar-refractivity contribution in [2.45, 2.75) is 43.4 Å². The molecule has 0 aliphatic rings. The highest BCUT2D eigenvalue weighted by molar-refractivity contribution is 8.00. The van der Waals surface area contributed by atoms with Gasteiger partial charge in [0, 0.05) is 22.6 Å². The highest BCUT2D eigenvalue weighted by Gasteiger charge is 2.14. The summed E-state index contributed by atoms with van der Waals surface area (Å²) in [5.41, 5.74) is 0. The molecule has 0 heterocycles. The molecule has 0 aromatic heterocycles. The van der Waals surface area contributed by atoms with Crippen LogP contribution in [-0.2, 0) is 4.79 Å². The minimum atomic E-state index is 0.119. The van der Waals surface area contributed by atoms with E-state index >= 15 is 0 Å². The van der Waals surface area contributed by atoms with Crippen molar-refractivity contribution >= 4 is 17.7 Å². The molecule has 0 bridgehead atoms. The predicted molar refractivity (Wildman–Crippen MR) is 69.7 cm³/mol. The first kappa shape index (κ1) is 13.1. The first-order chi connectivity index (χ1) is 7.63. The molecule has 2 nitrogen and oxygen atoms in total. The zero-order chi connectivity index (χ0) is 12.0. The summed E-state index contributed by atoms with van der Waals surface area (Å²) >= 11 is 1.79. The molecule has 0 saturated heterocycles. The quantitative estimate of drug-likeness (QED) is 0.797. The Hall–Kier alpha value is -0.960. The van der Waals surface area contributed by atoms with E-state index in [2.05, 4.69) is 24.4 Å². The second-order valence-corrected chi connectivity index (χ2v) is 5.30. The minimum Gasteiger partial charge on any atom is -0.353 e. The molecule has 88 valence electrons. The van der Waals surface area contributed by atoms with Crippen LogP contribution >= 0.6 is 11.8 Å². The third kappa shape index (κ3) is 4.27. The van der Waals surface area contributed by atoms with Crippen molar-refractivity contribution in [1.82, 2.24) is 5.32 Å². The Morgan fingerprint density at radius 2 is 1.94 bits per heavy atom. The van der Waals surface area contributed by atoms with Crippen molar-refractivity contribution in [2.24, 2.45) is 0 Å². The van der Waals surface area contributed by atoms with Crippen LogP contribution in [-0.4, -0.2) is 17.2 Å². The number of nitrogens with one attached hydrogen (secondary N) is 1. The lowest BCUT2D eigenvalue weighted by Crippen LogP contribution is -2.38. The number of carbonyl (C=O) groups excluding carboxylic acids is 1. The standard InChI is InChI=1S/C13H19NOS/c1-4-13(15)14-10(2)11(3)16-12-8-6-5-7-9-12/h5-11H,4H2,1-3H3,(H,14,15)/t10-,11+/m0/s1. The number of hydrogen-bond acceptors (Lipinski definition) is 2. The van der Waals surface area contributed by atoms with Crippen LogP contribution in [0.1, 0.15) is 27.2 Å². The molecular formula is C13H19NOS. The van der Waals surface area contributed by atoms with Crippen molar-refractivity contribution in [2.75, 3.05) is 0 Å². The Morgan fingerprint density at radius 1 is 1.31 bits per heavy atom. The molecule has 0 spiro atoms. The summed E-state index contributed by atoms with van der Waals surface area (Å²) in [6.07, 6.45) is 0.549. The molecule has 16 heavy (non-hydrogen) atoms. The van der Waals surface area contributed by atoms with Crippen molar-refractivity contribution in [3.05, 3.63) is 30.3 Å². The molecule has 1 amide bonds. The first-order valence-electron chi connectivity index (χ1n) is 5.64. The van der Waals surface area contributed by atoms with Gasteiger partial charge in [-0.15, -0.1) is 11.8 Å². The molecule has 0 aliphatic carbocycles. The van der Waals surface area contributed by atoms with Crippen LogP contribution in [0, 0.1) is 0 Å². The molecule has 0 unspecified atom stereocenters. The summed E-state index contributed by atoms with van der Waals surface area (Å²) in [7, 11) is 0. The fourth-order valence-electron chi connectivity index (χ4n) is 1.29. The number of benzene rings is 1. The molecule has 1 aromatic carbocycles. The normalized spacial score (nSPS) is 14.2.